The highest BCUT2D eigenvalue weighted by Crippen LogP contribution is 2.33. The van der Waals surface area contributed by atoms with Crippen molar-refractivity contribution < 1.29 is 19.5 Å². The van der Waals surface area contributed by atoms with Gasteiger partial charge in [-0.15, -0.1) is 0 Å². The van der Waals surface area contributed by atoms with E-state index >= 15 is 0 Å². The lowest BCUT2D eigenvalue weighted by atomic mass is 9.83. The summed E-state index contributed by atoms with van der Waals surface area (Å²) in [5.74, 6) is -2.35. The maximum atomic E-state index is 12.9. The average Bonchev–Trinajstić information content (AvgIpc) is 2.78. The van der Waals surface area contributed by atoms with Crippen molar-refractivity contribution in [3.05, 3.63) is 70.7 Å². The first-order chi connectivity index (χ1) is 14.8. The maximum Gasteiger partial charge on any atom is 0.327 e. The lowest BCUT2D eigenvalue weighted by Gasteiger charge is -2.45. The molecule has 0 spiro atoms. The molecule has 3 atom stereocenters. The van der Waals surface area contributed by atoms with E-state index in [2.05, 4.69) is 0 Å². The van der Waals surface area contributed by atoms with Crippen LogP contribution < -0.4 is 0 Å². The molecule has 2 unspecified atom stereocenters. The molecule has 0 aliphatic carbocycles. The van der Waals surface area contributed by atoms with E-state index in [-0.39, 0.29) is 6.04 Å². The molecule has 166 valence electrons. The number of imide groups is 1. The summed E-state index contributed by atoms with van der Waals surface area (Å²) in [4.78, 5) is 39.6. The number of likely N-dealkylation sites (tertiary alicyclic amines) is 1. The number of carbonyl (C=O) groups is 3. The molecular formula is C24H29ClN2O4. The van der Waals surface area contributed by atoms with Crippen molar-refractivity contribution >= 4 is 29.5 Å². The van der Waals surface area contributed by atoms with Crippen LogP contribution >= 0.6 is 11.6 Å². The lowest BCUT2D eigenvalue weighted by molar-refractivity contribution is -0.166. The van der Waals surface area contributed by atoms with Crippen LogP contribution in [0.15, 0.2) is 54.6 Å². The minimum Gasteiger partial charge on any atom is -0.480 e. The summed E-state index contributed by atoms with van der Waals surface area (Å²) in [6.07, 6.45) is 0.858. The molecule has 2 aromatic carbocycles. The number of β-lactam (4-membered cyclic amide) rings is 1. The van der Waals surface area contributed by atoms with Crippen LogP contribution in [0.1, 0.15) is 44.4 Å². The van der Waals surface area contributed by atoms with Crippen molar-refractivity contribution in [1.82, 2.24) is 9.80 Å². The molecule has 31 heavy (non-hydrogen) atoms. The van der Waals surface area contributed by atoms with Crippen molar-refractivity contribution in [2.24, 2.45) is 5.92 Å². The Labute approximate surface area is 188 Å². The SMILES string of the molecule is CC.CC(c1ccccc1)N(C)C(=O)N1C(=O)[C@H](CCc2cccc(Cl)c2)C1C(=O)O. The largest absolute Gasteiger partial charge is 0.480 e. The Morgan fingerprint density at radius 1 is 1.13 bits per heavy atom. The molecule has 7 heteroatoms. The van der Waals surface area contributed by atoms with Crippen molar-refractivity contribution in [3.63, 3.8) is 0 Å². The third-order valence-corrected chi connectivity index (χ3v) is 5.71. The van der Waals surface area contributed by atoms with E-state index in [9.17, 15) is 19.5 Å². The molecule has 1 aliphatic rings. The van der Waals surface area contributed by atoms with Gasteiger partial charge in [0.15, 0.2) is 6.04 Å². The fraction of sp³-hybridized carbons (Fsp3) is 0.375. The van der Waals surface area contributed by atoms with Crippen LogP contribution in [0.25, 0.3) is 0 Å². The number of amides is 3. The van der Waals surface area contributed by atoms with E-state index < -0.39 is 29.9 Å². The summed E-state index contributed by atoms with van der Waals surface area (Å²) >= 11 is 5.98. The van der Waals surface area contributed by atoms with Crippen LogP contribution in [0.5, 0.6) is 0 Å². The van der Waals surface area contributed by atoms with Gasteiger partial charge in [0.1, 0.15) is 0 Å². The van der Waals surface area contributed by atoms with Crippen LogP contribution in [0.4, 0.5) is 4.79 Å². The molecule has 1 aliphatic heterocycles. The van der Waals surface area contributed by atoms with Gasteiger partial charge in [-0.1, -0.05) is 67.9 Å². The number of urea groups is 1. The Bertz CT molecular complexity index is 919. The van der Waals surface area contributed by atoms with Gasteiger partial charge in [-0.25, -0.2) is 14.5 Å². The van der Waals surface area contributed by atoms with E-state index in [1.807, 2.05) is 63.2 Å². The molecule has 1 saturated heterocycles. The van der Waals surface area contributed by atoms with Crippen molar-refractivity contribution in [3.8, 4) is 0 Å². The molecule has 0 saturated carbocycles. The van der Waals surface area contributed by atoms with E-state index in [4.69, 9.17) is 11.6 Å². The van der Waals surface area contributed by atoms with E-state index in [1.165, 1.54) is 4.90 Å². The first-order valence-corrected chi connectivity index (χ1v) is 10.8. The number of benzene rings is 2. The number of hydrogen-bond acceptors (Lipinski definition) is 3. The van der Waals surface area contributed by atoms with Gasteiger partial charge in [0.2, 0.25) is 5.91 Å². The normalized spacial score (nSPS) is 18.4. The number of rotatable bonds is 6. The summed E-state index contributed by atoms with van der Waals surface area (Å²) in [5.41, 5.74) is 1.83. The van der Waals surface area contributed by atoms with Crippen molar-refractivity contribution in [2.75, 3.05) is 7.05 Å². The van der Waals surface area contributed by atoms with Gasteiger partial charge in [-0.3, -0.25) is 4.79 Å². The third kappa shape index (κ3) is 5.44. The Kier molecular flexibility index (Phi) is 8.63. The van der Waals surface area contributed by atoms with Crippen LogP contribution in [-0.4, -0.2) is 45.9 Å². The molecule has 2 aromatic rings. The molecule has 6 nitrogen and oxygen atoms in total. The standard InChI is InChI=1S/C22H23ClN2O4.C2H6/c1-14(16-8-4-3-5-9-16)24(2)22(29)25-19(21(27)28)18(20(25)26)12-11-15-7-6-10-17(23)13-15;1-2/h3-10,13-14,18-19H,11-12H2,1-2H3,(H,27,28);1-2H3/t14?,18-,19?;/m1./s1. The summed E-state index contributed by atoms with van der Waals surface area (Å²) in [6, 6.07) is 14.6. The monoisotopic (exact) mass is 444 g/mol. The van der Waals surface area contributed by atoms with Gasteiger partial charge in [-0.05, 0) is 43.0 Å². The molecule has 1 heterocycles. The zero-order chi connectivity index (χ0) is 23.1. The number of nitrogens with zero attached hydrogens (tertiary/aromatic N) is 2. The number of hydrogen-bond donors (Lipinski definition) is 1. The molecular weight excluding hydrogens is 416 g/mol. The van der Waals surface area contributed by atoms with Crippen molar-refractivity contribution in [2.45, 2.75) is 45.7 Å². The predicted octanol–water partition coefficient (Wildman–Crippen LogP) is 5.02. The number of carboxylic acid groups (broad SMARTS) is 1. The fourth-order valence-electron chi connectivity index (χ4n) is 3.63. The Morgan fingerprint density at radius 2 is 1.77 bits per heavy atom. The molecule has 3 amide bonds. The number of halogens is 1. The number of carboxylic acids is 1. The quantitative estimate of drug-likeness (QED) is 0.634. The predicted molar refractivity (Wildman–Crippen MR) is 121 cm³/mol. The minimum atomic E-state index is -1.17. The Morgan fingerprint density at radius 3 is 2.35 bits per heavy atom. The fourth-order valence-corrected chi connectivity index (χ4v) is 3.84. The average molecular weight is 445 g/mol. The van der Waals surface area contributed by atoms with Crippen LogP contribution in [0.3, 0.4) is 0 Å². The van der Waals surface area contributed by atoms with Crippen LogP contribution in [0, 0.1) is 5.92 Å². The maximum absolute atomic E-state index is 12.9. The van der Waals surface area contributed by atoms with Crippen molar-refractivity contribution in [1.29, 1.82) is 0 Å². The van der Waals surface area contributed by atoms with Gasteiger partial charge in [-0.2, -0.15) is 0 Å². The zero-order valence-electron chi connectivity index (χ0n) is 18.3. The molecule has 0 bridgehead atoms. The van der Waals surface area contributed by atoms with Gasteiger partial charge in [0.05, 0.1) is 12.0 Å². The smallest absolute Gasteiger partial charge is 0.327 e. The highest BCUT2D eigenvalue weighted by Gasteiger charge is 2.55. The van der Waals surface area contributed by atoms with Gasteiger partial charge >= 0.3 is 12.0 Å². The number of aryl methyl sites for hydroxylation is 1. The second kappa shape index (κ2) is 11.0. The van der Waals surface area contributed by atoms with E-state index in [1.54, 1.807) is 19.2 Å². The lowest BCUT2D eigenvalue weighted by Crippen LogP contribution is -2.68. The second-order valence-corrected chi connectivity index (χ2v) is 7.68. The Balaban J connectivity index is 0.00000166. The number of aliphatic carboxylic acids is 1. The summed E-state index contributed by atoms with van der Waals surface area (Å²) in [6.45, 7) is 5.84. The third-order valence-electron chi connectivity index (χ3n) is 5.47. The van der Waals surface area contributed by atoms with E-state index in [0.717, 1.165) is 16.0 Å². The van der Waals surface area contributed by atoms with Crippen LogP contribution in [-0.2, 0) is 16.0 Å². The molecule has 0 aromatic heterocycles. The minimum absolute atomic E-state index is 0.295. The van der Waals surface area contributed by atoms with Crippen LogP contribution in [0.2, 0.25) is 5.02 Å². The molecule has 1 fully saturated rings. The topological polar surface area (TPSA) is 77.9 Å². The highest BCUT2D eigenvalue weighted by molar-refractivity contribution is 6.30. The molecule has 3 rings (SSSR count). The summed E-state index contributed by atoms with van der Waals surface area (Å²) in [5, 5.41) is 10.2. The summed E-state index contributed by atoms with van der Waals surface area (Å²) < 4.78 is 0. The number of carbonyl (C=O) groups excluding carboxylic acids is 2. The zero-order valence-corrected chi connectivity index (χ0v) is 19.0. The first kappa shape index (κ1) is 24.4. The van der Waals surface area contributed by atoms with Gasteiger partial charge in [0.25, 0.3) is 0 Å². The van der Waals surface area contributed by atoms with Gasteiger partial charge < -0.3 is 10.0 Å². The highest BCUT2D eigenvalue weighted by atomic mass is 35.5. The molecule has 1 N–H and O–H groups in total. The molecule has 0 radical (unpaired) electrons. The first-order valence-electron chi connectivity index (χ1n) is 10.4. The summed E-state index contributed by atoms with van der Waals surface area (Å²) in [7, 11) is 1.57. The Hall–Kier alpha value is -2.86. The second-order valence-electron chi connectivity index (χ2n) is 7.25. The van der Waals surface area contributed by atoms with E-state index in [0.29, 0.717) is 17.9 Å². The van der Waals surface area contributed by atoms with Gasteiger partial charge in [0, 0.05) is 12.1 Å².